The van der Waals surface area contributed by atoms with Crippen LogP contribution in [-0.4, -0.2) is 31.1 Å². The average molecular weight is 283 g/mol. The van der Waals surface area contributed by atoms with E-state index in [1.165, 1.54) is 6.26 Å². The highest BCUT2D eigenvalue weighted by atomic mass is 32.2. The van der Waals surface area contributed by atoms with Crippen LogP contribution in [0, 0.1) is 0 Å². The van der Waals surface area contributed by atoms with Gasteiger partial charge in [-0.25, -0.2) is 8.42 Å². The molecular formula is C14H21NO3S. The lowest BCUT2D eigenvalue weighted by atomic mass is 10.1. The van der Waals surface area contributed by atoms with Crippen molar-refractivity contribution >= 4 is 15.5 Å². The molecule has 3 atom stereocenters. The largest absolute Gasteiger partial charge is 0.389 e. The van der Waals surface area contributed by atoms with E-state index >= 15 is 0 Å². The van der Waals surface area contributed by atoms with Crippen LogP contribution >= 0.6 is 0 Å². The Bertz CT molecular complexity index is 539. The summed E-state index contributed by atoms with van der Waals surface area (Å²) in [5.41, 5.74) is 1.64. The van der Waals surface area contributed by atoms with E-state index in [1.54, 1.807) is 6.92 Å². The molecular weight excluding hydrogens is 262 g/mol. The fourth-order valence-corrected chi connectivity index (χ4v) is 4.19. The molecule has 0 saturated heterocycles. The molecule has 0 aliphatic heterocycles. The van der Waals surface area contributed by atoms with Crippen molar-refractivity contribution in [3.63, 3.8) is 0 Å². The molecule has 1 aromatic carbocycles. The molecule has 1 fully saturated rings. The first kappa shape index (κ1) is 14.3. The van der Waals surface area contributed by atoms with Crippen LogP contribution < -0.4 is 5.32 Å². The maximum absolute atomic E-state index is 11.8. The van der Waals surface area contributed by atoms with Crippen molar-refractivity contribution in [3.05, 3.63) is 29.8 Å². The Hall–Kier alpha value is -1.07. The van der Waals surface area contributed by atoms with Gasteiger partial charge in [-0.2, -0.15) is 0 Å². The second-order valence-corrected chi connectivity index (χ2v) is 7.58. The van der Waals surface area contributed by atoms with E-state index in [2.05, 4.69) is 5.32 Å². The minimum Gasteiger partial charge on any atom is -0.389 e. The lowest BCUT2D eigenvalue weighted by Crippen LogP contribution is -2.34. The number of rotatable bonds is 4. The second-order valence-electron chi connectivity index (χ2n) is 5.31. The Kier molecular flexibility index (Phi) is 4.16. The smallest absolute Gasteiger partial charge is 0.152 e. The van der Waals surface area contributed by atoms with E-state index in [0.717, 1.165) is 24.1 Å². The number of nitrogens with one attached hydrogen (secondary N) is 1. The summed E-state index contributed by atoms with van der Waals surface area (Å²) < 4.78 is 23.5. The van der Waals surface area contributed by atoms with E-state index in [9.17, 15) is 13.5 Å². The standard InChI is InChI=1S/C14H21NO3S/c1-10(16)11-6-3-4-7-12(11)15-13-8-5-9-14(13)19(2,17)18/h3-4,6-7,10,13-16H,5,8-9H2,1-2H3. The van der Waals surface area contributed by atoms with Gasteiger partial charge < -0.3 is 10.4 Å². The number of aliphatic hydroxyl groups is 1. The summed E-state index contributed by atoms with van der Waals surface area (Å²) in [4.78, 5) is 0. The normalized spacial score (nSPS) is 25.2. The number of para-hydroxylation sites is 1. The number of hydrogen-bond acceptors (Lipinski definition) is 4. The molecule has 106 valence electrons. The van der Waals surface area contributed by atoms with Crippen molar-refractivity contribution < 1.29 is 13.5 Å². The van der Waals surface area contributed by atoms with Crippen LogP contribution in [0.5, 0.6) is 0 Å². The summed E-state index contributed by atoms with van der Waals surface area (Å²) >= 11 is 0. The number of benzene rings is 1. The highest BCUT2D eigenvalue weighted by molar-refractivity contribution is 7.91. The van der Waals surface area contributed by atoms with Crippen LogP contribution in [0.4, 0.5) is 5.69 Å². The molecule has 0 radical (unpaired) electrons. The molecule has 0 aromatic heterocycles. The Morgan fingerprint density at radius 2 is 2.00 bits per heavy atom. The number of anilines is 1. The van der Waals surface area contributed by atoms with Crippen LogP contribution in [0.2, 0.25) is 0 Å². The van der Waals surface area contributed by atoms with Gasteiger partial charge in [0.2, 0.25) is 0 Å². The lowest BCUT2D eigenvalue weighted by Gasteiger charge is -2.23. The minimum absolute atomic E-state index is 0.0603. The van der Waals surface area contributed by atoms with E-state index in [4.69, 9.17) is 0 Å². The number of hydrogen-bond donors (Lipinski definition) is 2. The van der Waals surface area contributed by atoms with Gasteiger partial charge in [0.25, 0.3) is 0 Å². The van der Waals surface area contributed by atoms with Gasteiger partial charge in [-0.15, -0.1) is 0 Å². The van der Waals surface area contributed by atoms with E-state index < -0.39 is 15.9 Å². The monoisotopic (exact) mass is 283 g/mol. The highest BCUT2D eigenvalue weighted by Crippen LogP contribution is 2.30. The maximum atomic E-state index is 11.8. The van der Waals surface area contributed by atoms with Crippen LogP contribution in [-0.2, 0) is 9.84 Å². The van der Waals surface area contributed by atoms with Gasteiger partial charge in [0.15, 0.2) is 9.84 Å². The Morgan fingerprint density at radius 1 is 1.32 bits per heavy atom. The third kappa shape index (κ3) is 3.28. The molecule has 1 saturated carbocycles. The summed E-state index contributed by atoms with van der Waals surface area (Å²) in [5, 5.41) is 12.7. The van der Waals surface area contributed by atoms with Crippen LogP contribution in [0.25, 0.3) is 0 Å². The van der Waals surface area contributed by atoms with Crippen molar-refractivity contribution in [2.75, 3.05) is 11.6 Å². The lowest BCUT2D eigenvalue weighted by molar-refractivity contribution is 0.200. The average Bonchev–Trinajstić information content (AvgIpc) is 2.77. The molecule has 0 heterocycles. The quantitative estimate of drug-likeness (QED) is 0.888. The third-order valence-corrected chi connectivity index (χ3v) is 5.42. The fraction of sp³-hybridized carbons (Fsp3) is 0.571. The van der Waals surface area contributed by atoms with Gasteiger partial charge in [0, 0.05) is 23.5 Å². The van der Waals surface area contributed by atoms with Crippen molar-refractivity contribution in [2.45, 2.75) is 43.6 Å². The molecule has 0 bridgehead atoms. The Morgan fingerprint density at radius 3 is 2.63 bits per heavy atom. The fourth-order valence-electron chi connectivity index (χ4n) is 2.80. The van der Waals surface area contributed by atoms with Gasteiger partial charge >= 0.3 is 0 Å². The molecule has 3 unspecified atom stereocenters. The SMILES string of the molecule is CC(O)c1ccccc1NC1CCCC1S(C)(=O)=O. The summed E-state index contributed by atoms with van der Waals surface area (Å²) in [5.74, 6) is 0. The van der Waals surface area contributed by atoms with Gasteiger partial charge in [0.1, 0.15) is 0 Å². The molecule has 5 heteroatoms. The molecule has 4 nitrogen and oxygen atoms in total. The van der Waals surface area contributed by atoms with Gasteiger partial charge in [-0.3, -0.25) is 0 Å². The summed E-state index contributed by atoms with van der Waals surface area (Å²) in [6, 6.07) is 7.45. The molecule has 0 spiro atoms. The highest BCUT2D eigenvalue weighted by Gasteiger charge is 2.35. The topological polar surface area (TPSA) is 66.4 Å². The molecule has 0 amide bonds. The van der Waals surface area contributed by atoms with Crippen molar-refractivity contribution in [1.82, 2.24) is 0 Å². The van der Waals surface area contributed by atoms with Crippen LogP contribution in [0.1, 0.15) is 37.9 Å². The molecule has 2 N–H and O–H groups in total. The number of sulfone groups is 1. The van der Waals surface area contributed by atoms with Gasteiger partial charge in [-0.05, 0) is 32.3 Å². The predicted molar refractivity (Wildman–Crippen MR) is 77.0 cm³/mol. The maximum Gasteiger partial charge on any atom is 0.152 e. The molecule has 1 aliphatic rings. The third-order valence-electron chi connectivity index (χ3n) is 3.75. The first-order chi connectivity index (χ1) is 8.89. The van der Waals surface area contributed by atoms with Gasteiger partial charge in [-0.1, -0.05) is 18.2 Å². The first-order valence-electron chi connectivity index (χ1n) is 6.62. The van der Waals surface area contributed by atoms with Crippen molar-refractivity contribution in [1.29, 1.82) is 0 Å². The van der Waals surface area contributed by atoms with Crippen LogP contribution in [0.15, 0.2) is 24.3 Å². The van der Waals surface area contributed by atoms with Crippen molar-refractivity contribution in [2.24, 2.45) is 0 Å². The molecule has 1 aromatic rings. The predicted octanol–water partition coefficient (Wildman–Crippen LogP) is 2.12. The van der Waals surface area contributed by atoms with E-state index in [-0.39, 0.29) is 11.3 Å². The zero-order valence-corrected chi connectivity index (χ0v) is 12.2. The van der Waals surface area contributed by atoms with E-state index in [1.807, 2.05) is 24.3 Å². The zero-order valence-electron chi connectivity index (χ0n) is 11.3. The van der Waals surface area contributed by atoms with Crippen LogP contribution in [0.3, 0.4) is 0 Å². The Labute approximate surface area is 114 Å². The molecule has 1 aliphatic carbocycles. The minimum atomic E-state index is -3.03. The van der Waals surface area contributed by atoms with Gasteiger partial charge in [0.05, 0.1) is 11.4 Å². The summed E-state index contributed by atoms with van der Waals surface area (Å²) in [7, 11) is -3.03. The summed E-state index contributed by atoms with van der Waals surface area (Å²) in [6.45, 7) is 1.71. The molecule has 19 heavy (non-hydrogen) atoms. The zero-order chi connectivity index (χ0) is 14.0. The molecule has 2 rings (SSSR count). The first-order valence-corrected chi connectivity index (χ1v) is 8.57. The van der Waals surface area contributed by atoms with Crippen molar-refractivity contribution in [3.8, 4) is 0 Å². The number of aliphatic hydroxyl groups excluding tert-OH is 1. The van der Waals surface area contributed by atoms with E-state index in [0.29, 0.717) is 6.42 Å². The second kappa shape index (κ2) is 5.51. The Balaban J connectivity index is 2.22. The summed E-state index contributed by atoms with van der Waals surface area (Å²) in [6.07, 6.45) is 3.23.